The minimum atomic E-state index is -0.697. The summed E-state index contributed by atoms with van der Waals surface area (Å²) in [6.07, 6.45) is 3.57. The summed E-state index contributed by atoms with van der Waals surface area (Å²) in [7, 11) is 0. The Kier molecular flexibility index (Phi) is 6.84. The highest BCUT2D eigenvalue weighted by Crippen LogP contribution is 2.31. The van der Waals surface area contributed by atoms with E-state index >= 15 is 0 Å². The highest BCUT2D eigenvalue weighted by Gasteiger charge is 2.14. The number of hydrogen-bond acceptors (Lipinski definition) is 2. The Morgan fingerprint density at radius 2 is 1.96 bits per heavy atom. The molecule has 3 nitrogen and oxygen atoms in total. The van der Waals surface area contributed by atoms with Crippen LogP contribution in [0.1, 0.15) is 43.4 Å². The van der Waals surface area contributed by atoms with Crippen molar-refractivity contribution in [2.24, 2.45) is 0 Å². The number of halogens is 2. The van der Waals surface area contributed by atoms with E-state index in [1.165, 1.54) is 12.1 Å². The van der Waals surface area contributed by atoms with Crippen LogP contribution < -0.4 is 5.32 Å². The molecule has 0 aliphatic carbocycles. The fourth-order valence-electron chi connectivity index (χ4n) is 2.76. The zero-order chi connectivity index (χ0) is 20.0. The van der Waals surface area contributed by atoms with E-state index in [1.807, 2.05) is 6.92 Å². The molecule has 0 saturated heterocycles. The summed E-state index contributed by atoms with van der Waals surface area (Å²) in [5.74, 6) is -1.54. The van der Waals surface area contributed by atoms with Gasteiger partial charge in [-0.05, 0) is 67.3 Å². The summed E-state index contributed by atoms with van der Waals surface area (Å²) >= 11 is 0. The molecule has 0 atom stereocenters. The van der Waals surface area contributed by atoms with E-state index in [1.54, 1.807) is 32.1 Å². The molecule has 140 valence electrons. The van der Waals surface area contributed by atoms with Crippen molar-refractivity contribution in [1.29, 1.82) is 5.26 Å². The van der Waals surface area contributed by atoms with Gasteiger partial charge in [0.05, 0.1) is 11.6 Å². The van der Waals surface area contributed by atoms with Crippen LogP contribution in [-0.2, 0) is 4.79 Å². The topological polar surface area (TPSA) is 52.9 Å². The molecule has 0 aliphatic heterocycles. The fourth-order valence-corrected chi connectivity index (χ4v) is 2.76. The molecular formula is C22H22F2N2O. The molecule has 0 fully saturated rings. The molecule has 1 N–H and O–H groups in total. The highest BCUT2D eigenvalue weighted by atomic mass is 19.1. The van der Waals surface area contributed by atoms with E-state index in [0.717, 1.165) is 18.9 Å². The van der Waals surface area contributed by atoms with Gasteiger partial charge in [-0.3, -0.25) is 4.79 Å². The van der Waals surface area contributed by atoms with Crippen LogP contribution in [0.3, 0.4) is 0 Å². The quantitative estimate of drug-likeness (QED) is 0.567. The van der Waals surface area contributed by atoms with Gasteiger partial charge < -0.3 is 5.32 Å². The Bertz CT molecular complexity index is 927. The van der Waals surface area contributed by atoms with Crippen LogP contribution in [0.2, 0.25) is 0 Å². The monoisotopic (exact) mass is 368 g/mol. The maximum Gasteiger partial charge on any atom is 0.246 e. The van der Waals surface area contributed by atoms with Crippen molar-refractivity contribution in [1.82, 2.24) is 5.32 Å². The number of nitrogens with one attached hydrogen (secondary N) is 1. The lowest BCUT2D eigenvalue weighted by molar-refractivity contribution is -0.117. The lowest BCUT2D eigenvalue weighted by Gasteiger charge is -2.12. The van der Waals surface area contributed by atoms with Crippen LogP contribution in [-0.4, -0.2) is 12.5 Å². The maximum absolute atomic E-state index is 14.2. The molecule has 2 aromatic carbocycles. The molecule has 0 spiro atoms. The van der Waals surface area contributed by atoms with Gasteiger partial charge in [-0.15, -0.1) is 0 Å². The summed E-state index contributed by atoms with van der Waals surface area (Å²) in [6, 6.07) is 8.63. The van der Waals surface area contributed by atoms with Gasteiger partial charge in [0, 0.05) is 23.7 Å². The Hall–Kier alpha value is -3.00. The summed E-state index contributed by atoms with van der Waals surface area (Å²) in [5, 5.41) is 12.2. The Morgan fingerprint density at radius 1 is 1.22 bits per heavy atom. The smallest absolute Gasteiger partial charge is 0.246 e. The lowest BCUT2D eigenvalue weighted by atomic mass is 9.92. The van der Waals surface area contributed by atoms with Gasteiger partial charge in [0.2, 0.25) is 5.91 Å². The molecule has 2 aromatic rings. The number of hydrogen-bond donors (Lipinski definition) is 1. The molecule has 27 heavy (non-hydrogen) atoms. The van der Waals surface area contributed by atoms with E-state index in [2.05, 4.69) is 11.4 Å². The van der Waals surface area contributed by atoms with Crippen molar-refractivity contribution >= 4 is 12.0 Å². The molecule has 0 heterocycles. The van der Waals surface area contributed by atoms with E-state index < -0.39 is 11.6 Å². The van der Waals surface area contributed by atoms with Crippen LogP contribution in [0.25, 0.3) is 17.2 Å². The average molecular weight is 368 g/mol. The number of nitrogens with zero attached hydrogens (tertiary/aromatic N) is 1. The summed E-state index contributed by atoms with van der Waals surface area (Å²) in [6.45, 7) is 6.12. The van der Waals surface area contributed by atoms with Gasteiger partial charge in [-0.1, -0.05) is 13.3 Å². The number of unbranched alkanes of at least 4 members (excludes halogenated alkanes) is 1. The maximum atomic E-state index is 14.2. The van der Waals surface area contributed by atoms with Crippen molar-refractivity contribution in [3.8, 4) is 17.2 Å². The standard InChI is InChI=1S/C22H22F2N2O/c1-4-5-8-26-22(27)14(2)9-17-10-16(13-25)11-20(15(17)3)19-7-6-18(23)12-21(19)24/h6-7,9-12H,4-5,8H2,1-3H3,(H,26,27)/b14-9+. The van der Waals surface area contributed by atoms with E-state index in [9.17, 15) is 18.8 Å². The Balaban J connectivity index is 2.48. The summed E-state index contributed by atoms with van der Waals surface area (Å²) in [4.78, 5) is 12.2. The Labute approximate surface area is 158 Å². The second kappa shape index (κ2) is 9.09. The minimum absolute atomic E-state index is 0.181. The van der Waals surface area contributed by atoms with E-state index in [0.29, 0.717) is 34.4 Å². The second-order valence-electron chi connectivity index (χ2n) is 6.41. The number of benzene rings is 2. The molecule has 0 bridgehead atoms. The summed E-state index contributed by atoms with van der Waals surface area (Å²) in [5.41, 5.74) is 2.90. The third kappa shape index (κ3) is 5.01. The lowest BCUT2D eigenvalue weighted by Crippen LogP contribution is -2.24. The van der Waals surface area contributed by atoms with Crippen molar-refractivity contribution < 1.29 is 13.6 Å². The largest absolute Gasteiger partial charge is 0.352 e. The highest BCUT2D eigenvalue weighted by molar-refractivity contribution is 5.97. The molecule has 5 heteroatoms. The van der Waals surface area contributed by atoms with Crippen LogP contribution in [0.5, 0.6) is 0 Å². The first-order valence-electron chi connectivity index (χ1n) is 8.84. The van der Waals surface area contributed by atoms with Gasteiger partial charge in [0.1, 0.15) is 11.6 Å². The molecule has 0 radical (unpaired) electrons. The van der Waals surface area contributed by atoms with Gasteiger partial charge in [0.25, 0.3) is 0 Å². The average Bonchev–Trinajstić information content (AvgIpc) is 2.63. The van der Waals surface area contributed by atoms with Gasteiger partial charge >= 0.3 is 0 Å². The molecule has 0 saturated carbocycles. The van der Waals surface area contributed by atoms with Gasteiger partial charge in [-0.25, -0.2) is 8.78 Å². The summed E-state index contributed by atoms with van der Waals surface area (Å²) < 4.78 is 27.5. The molecule has 1 amide bonds. The molecular weight excluding hydrogens is 346 g/mol. The van der Waals surface area contributed by atoms with Crippen LogP contribution in [0.4, 0.5) is 8.78 Å². The normalized spacial score (nSPS) is 11.2. The predicted molar refractivity (Wildman–Crippen MR) is 103 cm³/mol. The number of nitriles is 1. The van der Waals surface area contributed by atoms with E-state index in [4.69, 9.17) is 0 Å². The zero-order valence-electron chi connectivity index (χ0n) is 15.7. The number of carbonyl (C=O) groups is 1. The van der Waals surface area contributed by atoms with Crippen molar-refractivity contribution in [3.05, 3.63) is 64.2 Å². The van der Waals surface area contributed by atoms with Crippen molar-refractivity contribution in [3.63, 3.8) is 0 Å². The molecule has 0 aliphatic rings. The third-order valence-corrected chi connectivity index (χ3v) is 4.34. The number of carbonyl (C=O) groups excluding carboxylic acids is 1. The Morgan fingerprint density at radius 3 is 2.59 bits per heavy atom. The first-order valence-corrected chi connectivity index (χ1v) is 8.84. The predicted octanol–water partition coefficient (Wildman–Crippen LogP) is 5.13. The molecule has 0 aromatic heterocycles. The first-order chi connectivity index (χ1) is 12.9. The van der Waals surface area contributed by atoms with Gasteiger partial charge in [0.15, 0.2) is 0 Å². The number of amides is 1. The number of rotatable bonds is 6. The van der Waals surface area contributed by atoms with Crippen LogP contribution in [0, 0.1) is 29.9 Å². The first kappa shape index (κ1) is 20.3. The van der Waals surface area contributed by atoms with Crippen LogP contribution >= 0.6 is 0 Å². The SMILES string of the molecule is CCCCNC(=O)/C(C)=C/c1cc(C#N)cc(-c2ccc(F)cc2F)c1C. The fraction of sp³-hybridized carbons (Fsp3) is 0.273. The van der Waals surface area contributed by atoms with Crippen molar-refractivity contribution in [2.45, 2.75) is 33.6 Å². The van der Waals surface area contributed by atoms with Gasteiger partial charge in [-0.2, -0.15) is 5.26 Å². The minimum Gasteiger partial charge on any atom is -0.352 e. The van der Waals surface area contributed by atoms with Crippen molar-refractivity contribution in [2.75, 3.05) is 6.54 Å². The zero-order valence-corrected chi connectivity index (χ0v) is 15.7. The third-order valence-electron chi connectivity index (χ3n) is 4.34. The van der Waals surface area contributed by atoms with Crippen LogP contribution in [0.15, 0.2) is 35.9 Å². The molecule has 2 rings (SSSR count). The van der Waals surface area contributed by atoms with E-state index in [-0.39, 0.29) is 11.5 Å². The second-order valence-corrected chi connectivity index (χ2v) is 6.41. The molecule has 0 unspecified atom stereocenters.